The second-order valence-corrected chi connectivity index (χ2v) is 7.33. The quantitative estimate of drug-likeness (QED) is 0.595. The van der Waals surface area contributed by atoms with Crippen molar-refractivity contribution in [1.29, 1.82) is 0 Å². The molecule has 1 atom stereocenters. The van der Waals surface area contributed by atoms with E-state index in [1.807, 2.05) is 41.1 Å². The molecule has 1 aliphatic rings. The Morgan fingerprint density at radius 2 is 1.89 bits per heavy atom. The number of benzene rings is 1. The standard InChI is InChI=1S/C21H24N2O3S/c1-16(26-20(24)10-5-17-11-14-27-15-17)21(25)22-18-6-8-19(9-7-18)23-12-3-2-4-13-23/h5-11,14-16H,2-4,12-13H2,1H3,(H,22,25)/b10-5+/t16-/m1/s1. The molecule has 1 fully saturated rings. The van der Waals surface area contributed by atoms with E-state index >= 15 is 0 Å². The SMILES string of the molecule is C[C@@H](OC(=O)/C=C/c1ccsc1)C(=O)Nc1ccc(N2CCCCC2)cc1. The zero-order valence-electron chi connectivity index (χ0n) is 15.4. The van der Waals surface area contributed by atoms with Crippen LogP contribution in [0.15, 0.2) is 47.2 Å². The van der Waals surface area contributed by atoms with Crippen molar-refractivity contribution in [1.82, 2.24) is 0 Å². The summed E-state index contributed by atoms with van der Waals surface area (Å²) in [6.07, 6.45) is 5.88. The lowest BCUT2D eigenvalue weighted by atomic mass is 10.1. The number of nitrogens with zero attached hydrogens (tertiary/aromatic N) is 1. The second kappa shape index (κ2) is 9.37. The van der Waals surface area contributed by atoms with Gasteiger partial charge in [0.2, 0.25) is 0 Å². The van der Waals surface area contributed by atoms with Gasteiger partial charge in [0, 0.05) is 30.5 Å². The first kappa shape index (κ1) is 19.2. The summed E-state index contributed by atoms with van der Waals surface area (Å²) in [5.74, 6) is -0.887. The molecule has 0 saturated carbocycles. The highest BCUT2D eigenvalue weighted by atomic mass is 32.1. The summed E-state index contributed by atoms with van der Waals surface area (Å²) in [4.78, 5) is 26.4. The van der Waals surface area contributed by atoms with Gasteiger partial charge >= 0.3 is 5.97 Å². The number of amides is 1. The molecule has 1 saturated heterocycles. The number of carbonyl (C=O) groups is 2. The van der Waals surface area contributed by atoms with Crippen molar-refractivity contribution in [3.8, 4) is 0 Å². The predicted molar refractivity (Wildman–Crippen MR) is 110 cm³/mol. The lowest BCUT2D eigenvalue weighted by Gasteiger charge is -2.28. The summed E-state index contributed by atoms with van der Waals surface area (Å²) < 4.78 is 5.16. The topological polar surface area (TPSA) is 58.6 Å². The molecule has 1 aromatic heterocycles. The van der Waals surface area contributed by atoms with Crippen LogP contribution in [0.3, 0.4) is 0 Å². The lowest BCUT2D eigenvalue weighted by Crippen LogP contribution is -2.30. The third-order valence-electron chi connectivity index (χ3n) is 4.47. The number of hydrogen-bond donors (Lipinski definition) is 1. The Morgan fingerprint density at radius 1 is 1.15 bits per heavy atom. The summed E-state index contributed by atoms with van der Waals surface area (Å²) in [6.45, 7) is 3.73. The van der Waals surface area contributed by atoms with Crippen molar-refractivity contribution in [2.24, 2.45) is 0 Å². The number of rotatable bonds is 6. The Balaban J connectivity index is 1.49. The molecule has 1 aromatic carbocycles. The summed E-state index contributed by atoms with van der Waals surface area (Å²) in [6, 6.07) is 9.69. The van der Waals surface area contributed by atoms with Gasteiger partial charge in [-0.25, -0.2) is 4.79 Å². The third-order valence-corrected chi connectivity index (χ3v) is 5.17. The van der Waals surface area contributed by atoms with Crippen molar-refractivity contribution in [2.45, 2.75) is 32.3 Å². The average molecular weight is 385 g/mol. The summed E-state index contributed by atoms with van der Waals surface area (Å²) in [5, 5.41) is 6.64. The van der Waals surface area contributed by atoms with Crippen molar-refractivity contribution in [2.75, 3.05) is 23.3 Å². The Bertz CT molecular complexity index is 778. The van der Waals surface area contributed by atoms with Crippen LogP contribution in [0, 0.1) is 0 Å². The van der Waals surface area contributed by atoms with E-state index < -0.39 is 12.1 Å². The third kappa shape index (κ3) is 5.69. The number of nitrogens with one attached hydrogen (secondary N) is 1. The Morgan fingerprint density at radius 3 is 2.56 bits per heavy atom. The Kier molecular flexibility index (Phi) is 6.65. The molecule has 1 N–H and O–H groups in total. The average Bonchev–Trinajstić information content (AvgIpc) is 3.21. The van der Waals surface area contributed by atoms with E-state index in [2.05, 4.69) is 10.2 Å². The number of ether oxygens (including phenoxy) is 1. The first-order chi connectivity index (χ1) is 13.1. The maximum Gasteiger partial charge on any atom is 0.331 e. The number of piperidine rings is 1. The van der Waals surface area contributed by atoms with E-state index in [0.29, 0.717) is 5.69 Å². The largest absolute Gasteiger partial charge is 0.449 e. The van der Waals surface area contributed by atoms with Crippen LogP contribution in [-0.4, -0.2) is 31.1 Å². The van der Waals surface area contributed by atoms with Gasteiger partial charge in [0.05, 0.1) is 0 Å². The molecule has 6 heteroatoms. The molecule has 1 aliphatic heterocycles. The molecule has 0 aliphatic carbocycles. The van der Waals surface area contributed by atoms with Gasteiger partial charge in [-0.3, -0.25) is 4.79 Å². The molecule has 142 valence electrons. The number of carbonyl (C=O) groups excluding carboxylic acids is 2. The minimum Gasteiger partial charge on any atom is -0.449 e. The molecule has 5 nitrogen and oxygen atoms in total. The molecular weight excluding hydrogens is 360 g/mol. The summed E-state index contributed by atoms with van der Waals surface area (Å²) in [5.41, 5.74) is 2.80. The molecule has 2 heterocycles. The summed E-state index contributed by atoms with van der Waals surface area (Å²) in [7, 11) is 0. The van der Waals surface area contributed by atoms with Crippen LogP contribution >= 0.6 is 11.3 Å². The fourth-order valence-electron chi connectivity index (χ4n) is 2.95. The van der Waals surface area contributed by atoms with Crippen LogP contribution in [0.5, 0.6) is 0 Å². The molecule has 1 amide bonds. The van der Waals surface area contributed by atoms with Crippen LogP contribution in [0.25, 0.3) is 6.08 Å². The molecule has 3 rings (SSSR count). The number of thiophene rings is 1. The number of anilines is 2. The Labute approximate surface area is 163 Å². The van der Waals surface area contributed by atoms with E-state index in [0.717, 1.165) is 18.7 Å². The van der Waals surface area contributed by atoms with Gasteiger partial charge in [-0.05, 0) is 78.9 Å². The number of hydrogen-bond acceptors (Lipinski definition) is 5. The smallest absolute Gasteiger partial charge is 0.331 e. The zero-order valence-corrected chi connectivity index (χ0v) is 16.2. The summed E-state index contributed by atoms with van der Waals surface area (Å²) >= 11 is 1.55. The van der Waals surface area contributed by atoms with Gasteiger partial charge in [-0.2, -0.15) is 11.3 Å². The zero-order chi connectivity index (χ0) is 19.1. The van der Waals surface area contributed by atoms with Crippen LogP contribution in [-0.2, 0) is 14.3 Å². The van der Waals surface area contributed by atoms with Gasteiger partial charge in [0.1, 0.15) is 0 Å². The van der Waals surface area contributed by atoms with Gasteiger partial charge in [-0.15, -0.1) is 0 Å². The van der Waals surface area contributed by atoms with Gasteiger partial charge < -0.3 is 15.0 Å². The van der Waals surface area contributed by atoms with Crippen molar-refractivity contribution in [3.05, 3.63) is 52.7 Å². The molecule has 0 unspecified atom stereocenters. The Hall–Kier alpha value is -2.60. The predicted octanol–water partition coefficient (Wildman–Crippen LogP) is 4.32. The van der Waals surface area contributed by atoms with E-state index in [1.165, 1.54) is 31.0 Å². The van der Waals surface area contributed by atoms with E-state index in [9.17, 15) is 9.59 Å². The van der Waals surface area contributed by atoms with Crippen LogP contribution in [0.4, 0.5) is 11.4 Å². The monoisotopic (exact) mass is 384 g/mol. The molecule has 0 radical (unpaired) electrons. The van der Waals surface area contributed by atoms with Crippen molar-refractivity contribution in [3.63, 3.8) is 0 Å². The maximum absolute atomic E-state index is 12.2. The number of esters is 1. The molecule has 2 aromatic rings. The lowest BCUT2D eigenvalue weighted by molar-refractivity contribution is -0.148. The molecule has 0 bridgehead atoms. The second-order valence-electron chi connectivity index (χ2n) is 6.55. The van der Waals surface area contributed by atoms with E-state index in [1.54, 1.807) is 24.3 Å². The highest BCUT2D eigenvalue weighted by Crippen LogP contribution is 2.22. The maximum atomic E-state index is 12.2. The van der Waals surface area contributed by atoms with Crippen molar-refractivity contribution >= 4 is 40.7 Å². The van der Waals surface area contributed by atoms with Crippen molar-refractivity contribution < 1.29 is 14.3 Å². The first-order valence-electron chi connectivity index (χ1n) is 9.18. The van der Waals surface area contributed by atoms with Gasteiger partial charge in [0.15, 0.2) is 6.10 Å². The van der Waals surface area contributed by atoms with Crippen LogP contribution in [0.2, 0.25) is 0 Å². The van der Waals surface area contributed by atoms with Crippen LogP contribution in [0.1, 0.15) is 31.7 Å². The highest BCUT2D eigenvalue weighted by Gasteiger charge is 2.17. The van der Waals surface area contributed by atoms with Gasteiger partial charge in [0.25, 0.3) is 5.91 Å². The molecular formula is C21H24N2O3S. The van der Waals surface area contributed by atoms with E-state index in [-0.39, 0.29) is 5.91 Å². The molecule has 0 spiro atoms. The minimum absolute atomic E-state index is 0.349. The fraction of sp³-hybridized carbons (Fsp3) is 0.333. The van der Waals surface area contributed by atoms with Gasteiger partial charge in [-0.1, -0.05) is 0 Å². The normalized spacial score (nSPS) is 15.5. The highest BCUT2D eigenvalue weighted by molar-refractivity contribution is 7.08. The first-order valence-corrected chi connectivity index (χ1v) is 10.1. The van der Waals surface area contributed by atoms with E-state index in [4.69, 9.17) is 4.74 Å². The minimum atomic E-state index is -0.869. The fourth-order valence-corrected chi connectivity index (χ4v) is 3.58. The molecule has 27 heavy (non-hydrogen) atoms. The van der Waals surface area contributed by atoms with Crippen LogP contribution < -0.4 is 10.2 Å².